The predicted molar refractivity (Wildman–Crippen MR) is 274 cm³/mol. The number of allylic oxidation sites excluding steroid dienone is 6. The number of carbonyl (C=O) groups excluding carboxylic acids is 4. The van der Waals surface area contributed by atoms with Crippen LogP contribution in [0.4, 0.5) is 5.69 Å². The molecule has 3 fully saturated rings. The Morgan fingerprint density at radius 3 is 2.24 bits per heavy atom. The Bertz CT molecular complexity index is 2030. The molecule has 1 aromatic rings. The molecular formula is C57H86N2O12. The summed E-state index contributed by atoms with van der Waals surface area (Å²) >= 11 is 0. The molecule has 4 aliphatic rings. The summed E-state index contributed by atoms with van der Waals surface area (Å²) in [5, 5.41) is 37.9. The van der Waals surface area contributed by atoms with Crippen molar-refractivity contribution in [2.45, 2.75) is 186 Å². The first-order valence-corrected chi connectivity index (χ1v) is 26.3. The second-order valence-corrected chi connectivity index (χ2v) is 21.4. The van der Waals surface area contributed by atoms with Gasteiger partial charge in [0.25, 0.3) is 11.7 Å². The number of nitrogens with one attached hydrogen (secondary N) is 1. The van der Waals surface area contributed by atoms with E-state index >= 15 is 0 Å². The zero-order valence-corrected chi connectivity index (χ0v) is 44.2. The number of nitrogens with zero attached hydrogens (tertiary/aromatic N) is 1. The van der Waals surface area contributed by atoms with Crippen LogP contribution in [0.2, 0.25) is 0 Å². The van der Waals surface area contributed by atoms with Crippen molar-refractivity contribution in [3.05, 3.63) is 71.9 Å². The van der Waals surface area contributed by atoms with E-state index < -0.39 is 65.9 Å². The first-order valence-electron chi connectivity index (χ1n) is 26.3. The quantitative estimate of drug-likeness (QED) is 0.110. The van der Waals surface area contributed by atoms with E-state index in [1.54, 1.807) is 28.1 Å². The van der Waals surface area contributed by atoms with E-state index in [2.05, 4.69) is 12.2 Å². The molecule has 2 saturated heterocycles. The number of aliphatic hydroxyl groups excluding tert-OH is 2. The van der Waals surface area contributed by atoms with Gasteiger partial charge in [-0.25, -0.2) is 4.79 Å². The fourth-order valence-corrected chi connectivity index (χ4v) is 11.1. The van der Waals surface area contributed by atoms with E-state index in [1.807, 2.05) is 88.4 Å². The first-order chi connectivity index (χ1) is 33.8. The molecule has 15 atom stereocenters. The van der Waals surface area contributed by atoms with Gasteiger partial charge in [0.2, 0.25) is 5.79 Å². The van der Waals surface area contributed by atoms with Crippen molar-refractivity contribution in [3.8, 4) is 5.75 Å². The summed E-state index contributed by atoms with van der Waals surface area (Å²) in [6.07, 6.45) is 14.9. The number of benzene rings is 1. The van der Waals surface area contributed by atoms with Crippen molar-refractivity contribution in [1.29, 1.82) is 0 Å². The molecule has 1 aromatic carbocycles. The molecule has 0 aromatic heterocycles. The van der Waals surface area contributed by atoms with Crippen LogP contribution < -0.4 is 10.1 Å². The summed E-state index contributed by atoms with van der Waals surface area (Å²) in [5.41, 5.74) is 2.39. The molecule has 4 N–H and O–H groups in total. The van der Waals surface area contributed by atoms with Gasteiger partial charge in [-0.15, -0.1) is 0 Å². The van der Waals surface area contributed by atoms with Crippen LogP contribution in [0.5, 0.6) is 5.75 Å². The van der Waals surface area contributed by atoms with Gasteiger partial charge in [-0.1, -0.05) is 76.6 Å². The highest BCUT2D eigenvalue weighted by atomic mass is 16.6. The van der Waals surface area contributed by atoms with Crippen LogP contribution in [0.15, 0.2) is 71.9 Å². The maximum Gasteiger partial charge on any atom is 0.329 e. The fraction of sp³-hybridized carbons (Fsp3) is 0.684. The molecule has 3 heterocycles. The minimum Gasteiger partial charge on any atom is -0.497 e. The summed E-state index contributed by atoms with van der Waals surface area (Å²) < 4.78 is 29.5. The summed E-state index contributed by atoms with van der Waals surface area (Å²) in [7, 11) is 4.66. The molecule has 3 aliphatic heterocycles. The van der Waals surface area contributed by atoms with Gasteiger partial charge < -0.3 is 49.2 Å². The van der Waals surface area contributed by atoms with Crippen LogP contribution >= 0.6 is 0 Å². The number of hydrogen-bond donors (Lipinski definition) is 4. The Morgan fingerprint density at radius 2 is 1.55 bits per heavy atom. The number of rotatable bonds is 8. The van der Waals surface area contributed by atoms with Crippen molar-refractivity contribution in [2.24, 2.45) is 35.5 Å². The van der Waals surface area contributed by atoms with Gasteiger partial charge in [0.05, 0.1) is 25.4 Å². The average molecular weight is 991 g/mol. The Labute approximate surface area is 423 Å². The smallest absolute Gasteiger partial charge is 0.329 e. The van der Waals surface area contributed by atoms with Crippen LogP contribution in [0.25, 0.3) is 0 Å². The largest absolute Gasteiger partial charge is 0.497 e. The lowest BCUT2D eigenvalue weighted by atomic mass is 9.78. The maximum atomic E-state index is 14.5. The number of ether oxygens (including phenoxy) is 5. The third-order valence-corrected chi connectivity index (χ3v) is 15.7. The van der Waals surface area contributed by atoms with Gasteiger partial charge in [-0.05, 0) is 151 Å². The minimum atomic E-state index is -2.41. The lowest BCUT2D eigenvalue weighted by Crippen LogP contribution is -2.61. The van der Waals surface area contributed by atoms with E-state index in [9.17, 15) is 34.5 Å². The molecule has 14 nitrogen and oxygen atoms in total. The van der Waals surface area contributed by atoms with E-state index in [0.717, 1.165) is 17.7 Å². The Balaban J connectivity index is 1.48. The molecule has 1 aliphatic carbocycles. The number of aliphatic hydroxyl groups is 3. The number of hydrogen-bond acceptors (Lipinski definition) is 13. The Morgan fingerprint density at radius 1 is 0.817 bits per heavy atom. The third kappa shape index (κ3) is 15.7. The van der Waals surface area contributed by atoms with Crippen molar-refractivity contribution >= 4 is 29.1 Å². The number of esters is 1. The van der Waals surface area contributed by atoms with E-state index in [0.29, 0.717) is 88.4 Å². The summed E-state index contributed by atoms with van der Waals surface area (Å²) in [4.78, 5) is 58.6. The zero-order chi connectivity index (χ0) is 52.0. The van der Waals surface area contributed by atoms with Gasteiger partial charge in [-0.2, -0.15) is 0 Å². The second kappa shape index (κ2) is 27.2. The van der Waals surface area contributed by atoms with Gasteiger partial charge >= 0.3 is 5.97 Å². The fourth-order valence-electron chi connectivity index (χ4n) is 11.1. The molecule has 1 saturated carbocycles. The van der Waals surface area contributed by atoms with Crippen LogP contribution in [-0.4, -0.2) is 126 Å². The monoisotopic (exact) mass is 991 g/mol. The maximum absolute atomic E-state index is 14.5. The molecule has 14 heteroatoms. The average Bonchev–Trinajstić information content (AvgIpc) is 3.35. The topological polar surface area (TPSA) is 190 Å². The number of fused-ring (bicyclic) bond motifs is 3. The standard InChI is InChI=1S/C57H86N2O12/c1-35-16-12-11-13-17-37(3)46(58-43-22-25-44(67-8)26-23-43)34-45-24-20-41(7)57(66,71-45)54(63)55(64)59-29-15-14-18-47(59)56(65)70-49(38(4)32-42-21-27-48(60)50(33-42)68-9)28-19-36(2)31-40(6)52(62)53(69-10)51(61)39(5)30-35/h11-13,16-17,22-23,25-26,31,35-36,38-39,41-42,45-50,52-53,58,60,62,66H,14-15,18-21,24,27-30,32-34H2,1-10H3/b13-11+,16-12+,37-17+,40-31+/t35-,36+,38-,39-,41-,42-,45+,46+,47+,48-,49+,50-,52-,53+,57-/m1/s1. The zero-order valence-electron chi connectivity index (χ0n) is 44.2. The Hall–Kier alpha value is -4.18. The highest BCUT2D eigenvalue weighted by molar-refractivity contribution is 6.39. The molecule has 2 bridgehead atoms. The van der Waals surface area contributed by atoms with Crippen molar-refractivity contribution in [3.63, 3.8) is 0 Å². The summed E-state index contributed by atoms with van der Waals surface area (Å²) in [6.45, 7) is 13.7. The SMILES string of the molecule is COc1ccc(N[C@H]2C[C@@H]3CC[C@@H](C)[C@@](O)(O3)C(=O)C(=O)N3CCCC[C@H]3C(=O)O[C@H]([C@H](C)C[C@H]3CC[C@@H](O)[C@H](OC)C3)CC[C@H](C)/C=C(\C)[C@@H](O)[C@@H](OC)C(=O)[C@H](C)C[C@H](C)/C=C/C=C/C=C/2C)cc1. The molecule has 71 heavy (non-hydrogen) atoms. The van der Waals surface area contributed by atoms with E-state index in [4.69, 9.17) is 23.7 Å². The lowest BCUT2D eigenvalue weighted by molar-refractivity contribution is -0.263. The van der Waals surface area contributed by atoms with Crippen LogP contribution in [0, 0.1) is 35.5 Å². The number of piperidine rings is 1. The number of ketones is 2. The van der Waals surface area contributed by atoms with Crippen molar-refractivity contribution in [1.82, 2.24) is 4.90 Å². The molecule has 0 radical (unpaired) electrons. The van der Waals surface area contributed by atoms with Crippen molar-refractivity contribution < 1.29 is 58.2 Å². The molecule has 0 unspecified atom stereocenters. The number of cyclic esters (lactones) is 1. The number of anilines is 1. The highest BCUT2D eigenvalue weighted by Gasteiger charge is 2.53. The molecule has 5 rings (SSSR count). The van der Waals surface area contributed by atoms with Crippen molar-refractivity contribution in [2.75, 3.05) is 33.2 Å². The van der Waals surface area contributed by atoms with Gasteiger partial charge in [0.1, 0.15) is 30.1 Å². The van der Waals surface area contributed by atoms with Gasteiger partial charge in [-0.3, -0.25) is 14.4 Å². The molecule has 396 valence electrons. The van der Waals surface area contributed by atoms with Crippen LogP contribution in [0.3, 0.4) is 0 Å². The molecule has 1 amide bonds. The van der Waals surface area contributed by atoms with E-state index in [-0.39, 0.29) is 54.1 Å². The normalized spacial score (nSPS) is 37.8. The minimum absolute atomic E-state index is 0.0472. The Kier molecular flexibility index (Phi) is 22.1. The third-order valence-electron chi connectivity index (χ3n) is 15.7. The number of Topliss-reactive ketones (excluding diaryl/α,β-unsaturated/α-hetero) is 2. The van der Waals surface area contributed by atoms with E-state index in [1.165, 1.54) is 12.0 Å². The second-order valence-electron chi connectivity index (χ2n) is 21.4. The number of amides is 1. The predicted octanol–water partition coefficient (Wildman–Crippen LogP) is 8.48. The summed E-state index contributed by atoms with van der Waals surface area (Å²) in [6, 6.07) is 6.21. The highest BCUT2D eigenvalue weighted by Crippen LogP contribution is 2.38. The number of methoxy groups -OCH3 is 3. The first kappa shape index (κ1) is 57.7. The molecular weight excluding hydrogens is 905 g/mol. The number of carbonyl (C=O) groups is 4. The molecule has 0 spiro atoms. The summed E-state index contributed by atoms with van der Waals surface area (Å²) in [5.74, 6) is -5.53. The van der Waals surface area contributed by atoms with Gasteiger partial charge in [0.15, 0.2) is 5.78 Å². The van der Waals surface area contributed by atoms with Gasteiger partial charge in [0, 0.05) is 44.3 Å². The van der Waals surface area contributed by atoms with Crippen LogP contribution in [-0.2, 0) is 38.1 Å². The lowest BCUT2D eigenvalue weighted by Gasteiger charge is -2.43. The van der Waals surface area contributed by atoms with Crippen LogP contribution in [0.1, 0.15) is 132 Å².